The van der Waals surface area contributed by atoms with E-state index in [1.54, 1.807) is 0 Å². The number of nitrogens with zero attached hydrogens (tertiary/aromatic N) is 2. The van der Waals surface area contributed by atoms with E-state index < -0.39 is 0 Å². The van der Waals surface area contributed by atoms with E-state index >= 15 is 0 Å². The van der Waals surface area contributed by atoms with Crippen molar-refractivity contribution in [1.29, 1.82) is 0 Å². The Balaban J connectivity index is 2.12. The van der Waals surface area contributed by atoms with Gasteiger partial charge < -0.3 is 4.74 Å². The molecule has 2 rings (SSSR count). The van der Waals surface area contributed by atoms with Gasteiger partial charge in [-0.1, -0.05) is 64.5 Å². The van der Waals surface area contributed by atoms with E-state index in [0.717, 1.165) is 24.2 Å². The van der Waals surface area contributed by atoms with Gasteiger partial charge in [-0.25, -0.2) is 0 Å². The molecule has 0 saturated heterocycles. The summed E-state index contributed by atoms with van der Waals surface area (Å²) in [6.45, 7) is 4.47. The first kappa shape index (κ1) is 19.6. The molecule has 0 aliphatic heterocycles. The van der Waals surface area contributed by atoms with Crippen LogP contribution >= 0.6 is 0 Å². The van der Waals surface area contributed by atoms with Gasteiger partial charge in [0.1, 0.15) is 12.2 Å². The summed E-state index contributed by atoms with van der Waals surface area (Å²) < 4.78 is 6.59. The van der Waals surface area contributed by atoms with Crippen LogP contribution < -0.4 is 0 Å². The molecule has 2 atom stereocenters. The van der Waals surface area contributed by atoms with Crippen molar-refractivity contribution in [1.82, 2.24) is 9.97 Å². The lowest BCUT2D eigenvalue weighted by Gasteiger charge is -2.25. The van der Waals surface area contributed by atoms with E-state index in [0.29, 0.717) is 0 Å². The van der Waals surface area contributed by atoms with Crippen LogP contribution in [0.1, 0.15) is 88.8 Å². The first-order valence-corrected chi connectivity index (χ1v) is 9.82. The number of pyridine rings is 2. The topological polar surface area (TPSA) is 35.0 Å². The lowest BCUT2D eigenvalue weighted by atomic mass is 10.0. The van der Waals surface area contributed by atoms with E-state index in [-0.39, 0.29) is 12.2 Å². The van der Waals surface area contributed by atoms with Crippen LogP contribution in [-0.2, 0) is 4.74 Å². The molecule has 0 aromatic carbocycles. The van der Waals surface area contributed by atoms with Crippen molar-refractivity contribution in [3.63, 3.8) is 0 Å². The Morgan fingerprint density at radius 1 is 0.720 bits per heavy atom. The largest absolute Gasteiger partial charge is 0.362 e. The van der Waals surface area contributed by atoms with Crippen molar-refractivity contribution in [3.8, 4) is 0 Å². The standard InChI is InChI=1S/C22H32N2O/c1-3-5-7-15-21(19-13-9-11-17-23-19)25-22(16-8-6-4-2)20-14-10-12-18-24-20/h9-14,17-18,21-22H,3-8,15-16H2,1-2H3. The van der Waals surface area contributed by atoms with E-state index in [1.807, 2.05) is 36.7 Å². The maximum atomic E-state index is 6.59. The van der Waals surface area contributed by atoms with E-state index in [1.165, 1.54) is 38.5 Å². The minimum absolute atomic E-state index is 0.0429. The fourth-order valence-electron chi connectivity index (χ4n) is 3.06. The maximum Gasteiger partial charge on any atom is 0.100 e. The first-order valence-electron chi connectivity index (χ1n) is 9.82. The third-order valence-corrected chi connectivity index (χ3v) is 4.50. The summed E-state index contributed by atoms with van der Waals surface area (Å²) in [5, 5.41) is 0. The molecule has 0 saturated carbocycles. The highest BCUT2D eigenvalue weighted by molar-refractivity contribution is 5.10. The third-order valence-electron chi connectivity index (χ3n) is 4.50. The Bertz CT molecular complexity index is 507. The van der Waals surface area contributed by atoms with Gasteiger partial charge in [-0.3, -0.25) is 9.97 Å². The Hall–Kier alpha value is -1.74. The summed E-state index contributed by atoms with van der Waals surface area (Å²) in [5.41, 5.74) is 2.07. The summed E-state index contributed by atoms with van der Waals surface area (Å²) in [6.07, 6.45) is 13.1. The minimum atomic E-state index is 0.0429. The van der Waals surface area contributed by atoms with Crippen molar-refractivity contribution in [2.24, 2.45) is 0 Å². The second kappa shape index (κ2) is 11.8. The molecule has 0 aliphatic rings. The Morgan fingerprint density at radius 3 is 1.56 bits per heavy atom. The van der Waals surface area contributed by atoms with Gasteiger partial charge in [0.15, 0.2) is 0 Å². The zero-order chi connectivity index (χ0) is 17.7. The Kier molecular flexibility index (Phi) is 9.21. The number of aromatic nitrogens is 2. The fourth-order valence-corrected chi connectivity index (χ4v) is 3.06. The van der Waals surface area contributed by atoms with Crippen molar-refractivity contribution in [3.05, 3.63) is 60.2 Å². The van der Waals surface area contributed by atoms with Crippen LogP contribution in [0.3, 0.4) is 0 Å². The Labute approximate surface area is 152 Å². The predicted molar refractivity (Wildman–Crippen MR) is 103 cm³/mol. The molecule has 0 radical (unpaired) electrons. The lowest BCUT2D eigenvalue weighted by molar-refractivity contribution is -0.0305. The summed E-state index contributed by atoms with van der Waals surface area (Å²) in [7, 11) is 0. The normalized spacial score (nSPS) is 13.5. The fraction of sp³-hybridized carbons (Fsp3) is 0.545. The zero-order valence-corrected chi connectivity index (χ0v) is 15.7. The van der Waals surface area contributed by atoms with Crippen LogP contribution in [0.15, 0.2) is 48.8 Å². The second-order valence-corrected chi connectivity index (χ2v) is 6.61. The van der Waals surface area contributed by atoms with E-state index in [2.05, 4.69) is 35.9 Å². The third kappa shape index (κ3) is 6.95. The lowest BCUT2D eigenvalue weighted by Crippen LogP contribution is -2.13. The molecule has 3 nitrogen and oxygen atoms in total. The van der Waals surface area contributed by atoms with Crippen molar-refractivity contribution in [2.75, 3.05) is 0 Å². The maximum absolute atomic E-state index is 6.59. The molecule has 0 bridgehead atoms. The number of hydrogen-bond donors (Lipinski definition) is 0. The summed E-state index contributed by atoms with van der Waals surface area (Å²) >= 11 is 0. The highest BCUT2D eigenvalue weighted by Gasteiger charge is 2.21. The minimum Gasteiger partial charge on any atom is -0.362 e. The molecule has 0 fully saturated rings. The zero-order valence-electron chi connectivity index (χ0n) is 15.7. The van der Waals surface area contributed by atoms with E-state index in [4.69, 9.17) is 4.74 Å². The number of rotatable bonds is 12. The monoisotopic (exact) mass is 340 g/mol. The summed E-state index contributed by atoms with van der Waals surface area (Å²) in [4.78, 5) is 9.11. The van der Waals surface area contributed by atoms with Gasteiger partial charge in [-0.2, -0.15) is 0 Å². The van der Waals surface area contributed by atoms with Crippen LogP contribution in [-0.4, -0.2) is 9.97 Å². The van der Waals surface area contributed by atoms with Crippen LogP contribution in [0, 0.1) is 0 Å². The van der Waals surface area contributed by atoms with Gasteiger partial charge in [0.2, 0.25) is 0 Å². The highest BCUT2D eigenvalue weighted by Crippen LogP contribution is 2.32. The van der Waals surface area contributed by atoms with Crippen molar-refractivity contribution < 1.29 is 4.74 Å². The van der Waals surface area contributed by atoms with Gasteiger partial charge in [-0.15, -0.1) is 0 Å². The molecule has 2 aromatic rings. The summed E-state index contributed by atoms with van der Waals surface area (Å²) in [5.74, 6) is 0. The number of hydrogen-bond acceptors (Lipinski definition) is 3. The van der Waals surface area contributed by atoms with Crippen LogP contribution in [0.2, 0.25) is 0 Å². The van der Waals surface area contributed by atoms with Crippen molar-refractivity contribution in [2.45, 2.75) is 77.4 Å². The molecular formula is C22H32N2O. The highest BCUT2D eigenvalue weighted by atomic mass is 16.5. The molecule has 0 aliphatic carbocycles. The molecule has 136 valence electrons. The molecule has 2 unspecified atom stereocenters. The molecule has 0 spiro atoms. The average molecular weight is 341 g/mol. The molecule has 0 amide bonds. The molecule has 25 heavy (non-hydrogen) atoms. The summed E-state index contributed by atoms with van der Waals surface area (Å²) in [6, 6.07) is 12.2. The molecule has 2 aromatic heterocycles. The van der Waals surface area contributed by atoms with E-state index in [9.17, 15) is 0 Å². The van der Waals surface area contributed by atoms with Gasteiger partial charge in [0.25, 0.3) is 0 Å². The van der Waals surface area contributed by atoms with Crippen LogP contribution in [0.25, 0.3) is 0 Å². The van der Waals surface area contributed by atoms with Crippen molar-refractivity contribution >= 4 is 0 Å². The van der Waals surface area contributed by atoms with Gasteiger partial charge in [0, 0.05) is 12.4 Å². The van der Waals surface area contributed by atoms with Crippen LogP contribution in [0.5, 0.6) is 0 Å². The average Bonchev–Trinajstić information content (AvgIpc) is 2.67. The predicted octanol–water partition coefficient (Wildman–Crippen LogP) is 6.44. The molecular weight excluding hydrogens is 308 g/mol. The van der Waals surface area contributed by atoms with Gasteiger partial charge in [0.05, 0.1) is 11.4 Å². The van der Waals surface area contributed by atoms with Gasteiger partial charge in [-0.05, 0) is 37.1 Å². The SMILES string of the molecule is CCCCCC(OC(CCCCC)c1ccccn1)c1ccccn1. The smallest absolute Gasteiger partial charge is 0.100 e. The molecule has 2 heterocycles. The number of ether oxygens (including phenoxy) is 1. The van der Waals surface area contributed by atoms with Crippen LogP contribution in [0.4, 0.5) is 0 Å². The molecule has 3 heteroatoms. The van der Waals surface area contributed by atoms with Gasteiger partial charge >= 0.3 is 0 Å². The quantitative estimate of drug-likeness (QED) is 0.417. The first-order chi connectivity index (χ1) is 12.3. The molecule has 0 N–H and O–H groups in total. The Morgan fingerprint density at radius 2 is 1.20 bits per heavy atom. The second-order valence-electron chi connectivity index (χ2n) is 6.61. The number of unbranched alkanes of at least 4 members (excludes halogenated alkanes) is 4.